The molecule has 3 rings (SSSR count). The van der Waals surface area contributed by atoms with Crippen LogP contribution in [-0.4, -0.2) is 46.5 Å². The Kier molecular flexibility index (Phi) is 5.99. The topological polar surface area (TPSA) is 24.3 Å². The Morgan fingerprint density at radius 1 is 0.880 bits per heavy atom. The average molecular weight is 334 g/mol. The molecule has 0 saturated carbocycles. The van der Waals surface area contributed by atoms with Crippen LogP contribution < -0.4 is 0 Å². The molecule has 0 spiro atoms. The van der Waals surface area contributed by atoms with Crippen molar-refractivity contribution in [2.45, 2.75) is 13.1 Å². The van der Waals surface area contributed by atoms with Crippen molar-refractivity contribution in [2.24, 2.45) is 0 Å². The molecule has 0 amide bonds. The molecular formula is C21H26N4. The third kappa shape index (κ3) is 5.02. The van der Waals surface area contributed by atoms with Gasteiger partial charge < -0.3 is 9.47 Å². The third-order valence-electron chi connectivity index (χ3n) is 4.26. The number of nitrogens with zero attached hydrogens (tertiary/aromatic N) is 4. The number of pyridine rings is 1. The Bertz CT molecular complexity index is 750. The summed E-state index contributed by atoms with van der Waals surface area (Å²) in [5.41, 5.74) is 3.73. The zero-order chi connectivity index (χ0) is 17.5. The Hall–Kier alpha value is -2.43. The van der Waals surface area contributed by atoms with Crippen molar-refractivity contribution >= 4 is 0 Å². The molecule has 2 aromatic heterocycles. The van der Waals surface area contributed by atoms with E-state index < -0.39 is 0 Å². The summed E-state index contributed by atoms with van der Waals surface area (Å²) in [4.78, 5) is 8.98. The number of hydrogen-bond donors (Lipinski definition) is 0. The molecule has 0 fully saturated rings. The second kappa shape index (κ2) is 8.60. The number of benzene rings is 1. The first kappa shape index (κ1) is 17.4. The largest absolute Gasteiger partial charge is 0.318 e. The number of aromatic nitrogens is 2. The molecule has 2 heterocycles. The van der Waals surface area contributed by atoms with Gasteiger partial charge in [-0.1, -0.05) is 30.3 Å². The molecule has 0 aliphatic rings. The molecule has 0 saturated heterocycles. The molecule has 0 radical (unpaired) electrons. The zero-order valence-corrected chi connectivity index (χ0v) is 15.0. The van der Waals surface area contributed by atoms with Crippen molar-refractivity contribution in [3.8, 4) is 5.69 Å². The smallest absolute Gasteiger partial charge is 0.0636 e. The minimum Gasteiger partial charge on any atom is -0.318 e. The quantitative estimate of drug-likeness (QED) is 0.631. The third-order valence-corrected chi connectivity index (χ3v) is 4.26. The van der Waals surface area contributed by atoms with Crippen molar-refractivity contribution in [3.05, 3.63) is 84.4 Å². The van der Waals surface area contributed by atoms with E-state index >= 15 is 0 Å². The number of likely N-dealkylation sites (N-methyl/N-ethyl adjacent to an activating group) is 1. The standard InChI is InChI=1S/C21H26N4/c1-23(2)14-15-24(17-19-8-4-3-5-9-19)18-21-11-7-13-25(21)20-10-6-12-22-16-20/h3-13,16H,14-15,17-18H2,1-2H3. The van der Waals surface area contributed by atoms with Gasteiger partial charge >= 0.3 is 0 Å². The van der Waals surface area contributed by atoms with Gasteiger partial charge in [-0.3, -0.25) is 9.88 Å². The van der Waals surface area contributed by atoms with E-state index in [4.69, 9.17) is 0 Å². The van der Waals surface area contributed by atoms with E-state index in [-0.39, 0.29) is 0 Å². The minimum atomic E-state index is 0.907. The lowest BCUT2D eigenvalue weighted by Crippen LogP contribution is -2.31. The van der Waals surface area contributed by atoms with Crippen LogP contribution in [-0.2, 0) is 13.1 Å². The molecule has 4 nitrogen and oxygen atoms in total. The van der Waals surface area contributed by atoms with Gasteiger partial charge in [-0.2, -0.15) is 0 Å². The fourth-order valence-electron chi connectivity index (χ4n) is 2.92. The van der Waals surface area contributed by atoms with Gasteiger partial charge in [0.1, 0.15) is 0 Å². The maximum Gasteiger partial charge on any atom is 0.0636 e. The van der Waals surface area contributed by atoms with Gasteiger partial charge in [0.05, 0.1) is 11.9 Å². The second-order valence-corrected chi connectivity index (χ2v) is 6.58. The van der Waals surface area contributed by atoms with Gasteiger partial charge in [0.15, 0.2) is 0 Å². The van der Waals surface area contributed by atoms with Crippen molar-refractivity contribution < 1.29 is 0 Å². The fraction of sp³-hybridized carbons (Fsp3) is 0.286. The Morgan fingerprint density at radius 3 is 2.44 bits per heavy atom. The molecule has 130 valence electrons. The lowest BCUT2D eigenvalue weighted by molar-refractivity contribution is 0.223. The minimum absolute atomic E-state index is 0.907. The van der Waals surface area contributed by atoms with E-state index in [2.05, 4.69) is 88.2 Å². The molecule has 25 heavy (non-hydrogen) atoms. The van der Waals surface area contributed by atoms with Crippen molar-refractivity contribution in [1.82, 2.24) is 19.4 Å². The van der Waals surface area contributed by atoms with Crippen LogP contribution in [0.2, 0.25) is 0 Å². The highest BCUT2D eigenvalue weighted by molar-refractivity contribution is 5.32. The summed E-state index contributed by atoms with van der Waals surface area (Å²) in [7, 11) is 4.25. The molecule has 0 bridgehead atoms. The van der Waals surface area contributed by atoms with E-state index in [0.29, 0.717) is 0 Å². The van der Waals surface area contributed by atoms with E-state index in [1.807, 2.05) is 18.5 Å². The maximum atomic E-state index is 4.25. The molecule has 0 aliphatic heterocycles. The van der Waals surface area contributed by atoms with Gasteiger partial charge in [-0.15, -0.1) is 0 Å². The van der Waals surface area contributed by atoms with Crippen LogP contribution in [0.3, 0.4) is 0 Å². The van der Waals surface area contributed by atoms with Crippen LogP contribution in [0.25, 0.3) is 5.69 Å². The summed E-state index contributed by atoms with van der Waals surface area (Å²) in [5.74, 6) is 0. The summed E-state index contributed by atoms with van der Waals surface area (Å²) in [6.07, 6.45) is 5.83. The van der Waals surface area contributed by atoms with E-state index in [9.17, 15) is 0 Å². The normalized spacial score (nSPS) is 11.4. The van der Waals surface area contributed by atoms with E-state index in [1.165, 1.54) is 11.3 Å². The average Bonchev–Trinajstić information content (AvgIpc) is 3.09. The first-order valence-corrected chi connectivity index (χ1v) is 8.70. The second-order valence-electron chi connectivity index (χ2n) is 6.58. The van der Waals surface area contributed by atoms with Crippen LogP contribution in [0.5, 0.6) is 0 Å². The van der Waals surface area contributed by atoms with Crippen LogP contribution in [0.15, 0.2) is 73.2 Å². The summed E-state index contributed by atoms with van der Waals surface area (Å²) in [6.45, 7) is 3.93. The fourth-order valence-corrected chi connectivity index (χ4v) is 2.92. The highest BCUT2D eigenvalue weighted by Gasteiger charge is 2.11. The van der Waals surface area contributed by atoms with Crippen molar-refractivity contribution in [3.63, 3.8) is 0 Å². The van der Waals surface area contributed by atoms with Gasteiger partial charge in [0, 0.05) is 44.3 Å². The first-order chi connectivity index (χ1) is 12.2. The summed E-state index contributed by atoms with van der Waals surface area (Å²) in [5, 5.41) is 0. The predicted octanol–water partition coefficient (Wildman–Crippen LogP) is 3.44. The summed E-state index contributed by atoms with van der Waals surface area (Å²) >= 11 is 0. The summed E-state index contributed by atoms with van der Waals surface area (Å²) < 4.78 is 2.22. The molecule has 4 heteroatoms. The van der Waals surface area contributed by atoms with Crippen LogP contribution in [0.1, 0.15) is 11.3 Å². The van der Waals surface area contributed by atoms with E-state index in [1.54, 1.807) is 0 Å². The predicted molar refractivity (Wildman–Crippen MR) is 103 cm³/mol. The molecule has 0 N–H and O–H groups in total. The molecular weight excluding hydrogens is 308 g/mol. The van der Waals surface area contributed by atoms with Crippen molar-refractivity contribution in [2.75, 3.05) is 27.2 Å². The molecule has 0 unspecified atom stereocenters. The molecule has 0 atom stereocenters. The van der Waals surface area contributed by atoms with Crippen LogP contribution in [0.4, 0.5) is 0 Å². The maximum absolute atomic E-state index is 4.25. The SMILES string of the molecule is CN(C)CCN(Cc1ccccc1)Cc1cccn1-c1cccnc1. The highest BCUT2D eigenvalue weighted by Crippen LogP contribution is 2.15. The first-order valence-electron chi connectivity index (χ1n) is 8.70. The number of hydrogen-bond acceptors (Lipinski definition) is 3. The highest BCUT2D eigenvalue weighted by atomic mass is 15.2. The van der Waals surface area contributed by atoms with Gasteiger partial charge in [-0.05, 0) is 43.9 Å². The Labute approximate surface area is 150 Å². The lowest BCUT2D eigenvalue weighted by atomic mass is 10.2. The Morgan fingerprint density at radius 2 is 1.72 bits per heavy atom. The van der Waals surface area contributed by atoms with Gasteiger partial charge in [-0.25, -0.2) is 0 Å². The molecule has 3 aromatic rings. The summed E-state index contributed by atoms with van der Waals surface area (Å²) in [6, 6.07) is 19.1. The molecule has 0 aliphatic carbocycles. The monoisotopic (exact) mass is 334 g/mol. The Balaban J connectivity index is 1.77. The van der Waals surface area contributed by atoms with Crippen molar-refractivity contribution in [1.29, 1.82) is 0 Å². The van der Waals surface area contributed by atoms with Crippen LogP contribution in [0, 0.1) is 0 Å². The van der Waals surface area contributed by atoms with E-state index in [0.717, 1.165) is 31.9 Å². The van der Waals surface area contributed by atoms with Gasteiger partial charge in [0.25, 0.3) is 0 Å². The van der Waals surface area contributed by atoms with Gasteiger partial charge in [0.2, 0.25) is 0 Å². The van der Waals surface area contributed by atoms with Crippen LogP contribution >= 0.6 is 0 Å². The number of rotatable bonds is 8. The zero-order valence-electron chi connectivity index (χ0n) is 15.0. The molecule has 1 aromatic carbocycles. The lowest BCUT2D eigenvalue weighted by Gasteiger charge is -2.25.